The maximum Gasteiger partial charge on any atom is 0.256 e. The molecule has 8 heteroatoms. The first-order valence-corrected chi connectivity index (χ1v) is 18.7. The number of amides is 2. The van der Waals surface area contributed by atoms with Gasteiger partial charge in [0, 0.05) is 27.6 Å². The number of fused-ring (bicyclic) bond motifs is 2. The van der Waals surface area contributed by atoms with Crippen LogP contribution in [0.4, 0.5) is 22.7 Å². The maximum absolute atomic E-state index is 14.3. The van der Waals surface area contributed by atoms with Crippen molar-refractivity contribution in [2.45, 2.75) is 26.7 Å². The van der Waals surface area contributed by atoms with Crippen molar-refractivity contribution in [1.29, 1.82) is 0 Å². The third-order valence-corrected chi connectivity index (χ3v) is 9.77. The molecule has 0 unspecified atom stereocenters. The molecule has 0 bridgehead atoms. The Labute approximate surface area is 325 Å². The van der Waals surface area contributed by atoms with Gasteiger partial charge in [-0.25, -0.2) is 9.97 Å². The summed E-state index contributed by atoms with van der Waals surface area (Å²) in [4.78, 5) is 38.3. The molecule has 56 heavy (non-hydrogen) atoms. The molecule has 6 aromatic carbocycles. The predicted molar refractivity (Wildman–Crippen MR) is 226 cm³/mol. The van der Waals surface area contributed by atoms with Crippen LogP contribution in [0.15, 0.2) is 168 Å². The van der Waals surface area contributed by atoms with Crippen molar-refractivity contribution in [2.24, 2.45) is 10.2 Å². The molecule has 0 saturated carbocycles. The molecular weight excluding hydrogens is 693 g/mol. The van der Waals surface area contributed by atoms with E-state index in [4.69, 9.17) is 9.97 Å². The quantitative estimate of drug-likeness (QED) is 0.137. The van der Waals surface area contributed by atoms with E-state index in [0.29, 0.717) is 61.7 Å². The van der Waals surface area contributed by atoms with Crippen molar-refractivity contribution in [1.82, 2.24) is 9.97 Å². The van der Waals surface area contributed by atoms with E-state index in [-0.39, 0.29) is 11.8 Å². The molecule has 0 saturated heterocycles. The minimum atomic E-state index is -0.353. The summed E-state index contributed by atoms with van der Waals surface area (Å²) in [7, 11) is 0. The number of azo groups is 1. The first-order valence-electron chi connectivity index (χ1n) is 18.7. The molecule has 2 amide bonds. The number of benzene rings is 6. The highest BCUT2D eigenvalue weighted by atomic mass is 16.2. The van der Waals surface area contributed by atoms with Gasteiger partial charge in [0.15, 0.2) is 0 Å². The number of nitrogens with one attached hydrogen (secondary N) is 2. The first kappa shape index (κ1) is 35.7. The molecular formula is C48H38N6O2. The van der Waals surface area contributed by atoms with Gasteiger partial charge in [0.05, 0.1) is 44.9 Å². The van der Waals surface area contributed by atoms with E-state index in [1.807, 2.05) is 115 Å². The van der Waals surface area contributed by atoms with Crippen LogP contribution in [0.5, 0.6) is 0 Å². The van der Waals surface area contributed by atoms with E-state index in [1.165, 1.54) is 11.1 Å². The fourth-order valence-electron chi connectivity index (χ4n) is 6.64. The highest BCUT2D eigenvalue weighted by Crippen LogP contribution is 2.33. The molecule has 0 aliphatic carbocycles. The van der Waals surface area contributed by atoms with Crippen LogP contribution in [0.1, 0.15) is 45.7 Å². The van der Waals surface area contributed by atoms with Crippen molar-refractivity contribution >= 4 is 56.4 Å². The van der Waals surface area contributed by atoms with E-state index < -0.39 is 0 Å². The number of aryl methyl sites for hydroxylation is 2. The minimum Gasteiger partial charge on any atom is -0.322 e. The normalized spacial score (nSPS) is 11.2. The molecule has 2 N–H and O–H groups in total. The molecule has 272 valence electrons. The lowest BCUT2D eigenvalue weighted by molar-refractivity contribution is 0.102. The van der Waals surface area contributed by atoms with Crippen LogP contribution in [-0.2, 0) is 12.8 Å². The number of hydrogen-bond donors (Lipinski definition) is 2. The van der Waals surface area contributed by atoms with Crippen molar-refractivity contribution < 1.29 is 9.59 Å². The van der Waals surface area contributed by atoms with E-state index in [2.05, 4.69) is 59.0 Å². The zero-order valence-corrected chi connectivity index (χ0v) is 31.0. The number of aromatic nitrogens is 2. The van der Waals surface area contributed by atoms with Crippen LogP contribution in [0, 0.1) is 0 Å². The summed E-state index contributed by atoms with van der Waals surface area (Å²) in [5.41, 5.74) is 9.92. The van der Waals surface area contributed by atoms with Crippen LogP contribution in [0.3, 0.4) is 0 Å². The summed E-state index contributed by atoms with van der Waals surface area (Å²) in [5.74, 6) is -0.668. The fraction of sp³-hybridized carbons (Fsp3) is 0.0833. The Morgan fingerprint density at radius 3 is 1.55 bits per heavy atom. The molecule has 8 rings (SSSR count). The second-order valence-electron chi connectivity index (χ2n) is 13.4. The van der Waals surface area contributed by atoms with Crippen LogP contribution >= 0.6 is 0 Å². The number of carbonyl (C=O) groups excluding carboxylic acids is 2. The Hall–Kier alpha value is -7.32. The minimum absolute atomic E-state index is 0.315. The topological polar surface area (TPSA) is 109 Å². The Bertz CT molecular complexity index is 2740. The molecule has 2 aromatic heterocycles. The molecule has 8 aromatic rings. The van der Waals surface area contributed by atoms with Crippen molar-refractivity contribution in [2.75, 3.05) is 10.6 Å². The average Bonchev–Trinajstić information content (AvgIpc) is 3.25. The number of nitrogens with zero attached hydrogens (tertiary/aromatic N) is 4. The Balaban J connectivity index is 1.16. The lowest BCUT2D eigenvalue weighted by Crippen LogP contribution is -2.15. The van der Waals surface area contributed by atoms with Gasteiger partial charge in [0.2, 0.25) is 0 Å². The highest BCUT2D eigenvalue weighted by Gasteiger charge is 2.19. The average molecular weight is 731 g/mol. The Morgan fingerprint density at radius 2 is 1.02 bits per heavy atom. The molecule has 0 radical (unpaired) electrons. The summed E-state index contributed by atoms with van der Waals surface area (Å²) in [5, 5.41) is 16.5. The van der Waals surface area contributed by atoms with Gasteiger partial charge >= 0.3 is 0 Å². The third kappa shape index (κ3) is 7.67. The van der Waals surface area contributed by atoms with Crippen molar-refractivity contribution in [3.8, 4) is 22.5 Å². The number of rotatable bonds is 10. The van der Waals surface area contributed by atoms with Crippen LogP contribution < -0.4 is 10.6 Å². The van der Waals surface area contributed by atoms with Gasteiger partial charge in [-0.05, 0) is 78.6 Å². The second-order valence-corrected chi connectivity index (χ2v) is 13.4. The number of para-hydroxylation sites is 2. The van der Waals surface area contributed by atoms with Gasteiger partial charge in [-0.1, -0.05) is 117 Å². The predicted octanol–water partition coefficient (Wildman–Crippen LogP) is 12.2. The zero-order valence-electron chi connectivity index (χ0n) is 31.0. The van der Waals surface area contributed by atoms with Gasteiger partial charge in [-0.15, -0.1) is 5.11 Å². The van der Waals surface area contributed by atoms with Crippen molar-refractivity contribution in [3.63, 3.8) is 0 Å². The molecule has 0 spiro atoms. The maximum atomic E-state index is 14.3. The SMILES string of the molecule is CCc1ccc(-c2cc(C(=O)Nc3ccc(N=Nc4ccccc4)c(NC(=O)c4cc(-c5ccc(CC)cc5)nc5ccccc45)c3)c3ccccc3n2)cc1. The number of hydrogen-bond acceptors (Lipinski definition) is 6. The highest BCUT2D eigenvalue weighted by molar-refractivity contribution is 6.15. The lowest BCUT2D eigenvalue weighted by atomic mass is 10.0. The van der Waals surface area contributed by atoms with Gasteiger partial charge in [-0.2, -0.15) is 5.11 Å². The monoisotopic (exact) mass is 730 g/mol. The van der Waals surface area contributed by atoms with E-state index in [0.717, 1.165) is 29.4 Å². The van der Waals surface area contributed by atoms with Crippen LogP contribution in [0.2, 0.25) is 0 Å². The van der Waals surface area contributed by atoms with Crippen molar-refractivity contribution in [3.05, 3.63) is 180 Å². The molecule has 0 aliphatic rings. The molecule has 0 aliphatic heterocycles. The largest absolute Gasteiger partial charge is 0.322 e. The lowest BCUT2D eigenvalue weighted by Gasteiger charge is -2.14. The standard InChI is InChI=1S/C48H38N6O2/c1-3-31-18-22-33(23-19-31)44-29-39(37-14-8-10-16-41(37)50-44)47(55)49-36-26-27-43(54-53-35-12-6-5-7-13-35)46(28-36)52-48(56)40-30-45(34-24-20-32(4-2)21-25-34)51-42-17-11-9-15-38(40)42/h5-30H,3-4H2,1-2H3,(H,49,55)(H,52,56). The number of anilines is 2. The third-order valence-electron chi connectivity index (χ3n) is 9.77. The Kier molecular flexibility index (Phi) is 10.2. The van der Waals surface area contributed by atoms with E-state index >= 15 is 0 Å². The summed E-state index contributed by atoms with van der Waals surface area (Å²) in [6.07, 6.45) is 1.86. The molecule has 2 heterocycles. The Morgan fingerprint density at radius 1 is 0.518 bits per heavy atom. The summed E-state index contributed by atoms with van der Waals surface area (Å²) < 4.78 is 0. The second kappa shape index (κ2) is 16.0. The van der Waals surface area contributed by atoms with Gasteiger partial charge in [-0.3, -0.25) is 9.59 Å². The van der Waals surface area contributed by atoms with Gasteiger partial charge in [0.1, 0.15) is 5.69 Å². The van der Waals surface area contributed by atoms with E-state index in [9.17, 15) is 9.59 Å². The number of carbonyl (C=O) groups is 2. The van der Waals surface area contributed by atoms with Gasteiger partial charge in [0.25, 0.3) is 11.8 Å². The molecule has 8 nitrogen and oxygen atoms in total. The van der Waals surface area contributed by atoms with Gasteiger partial charge < -0.3 is 10.6 Å². The summed E-state index contributed by atoms with van der Waals surface area (Å²) >= 11 is 0. The number of pyridine rings is 2. The molecule has 0 atom stereocenters. The summed E-state index contributed by atoms with van der Waals surface area (Å²) in [6.45, 7) is 4.23. The van der Waals surface area contributed by atoms with E-state index in [1.54, 1.807) is 18.2 Å². The smallest absolute Gasteiger partial charge is 0.256 e. The van der Waals surface area contributed by atoms with Crippen LogP contribution in [0.25, 0.3) is 44.3 Å². The zero-order chi connectivity index (χ0) is 38.4. The first-order chi connectivity index (χ1) is 27.4. The fourth-order valence-corrected chi connectivity index (χ4v) is 6.64. The summed E-state index contributed by atoms with van der Waals surface area (Å²) in [6, 6.07) is 49.8. The molecule has 0 fully saturated rings. The van der Waals surface area contributed by atoms with Crippen LogP contribution in [-0.4, -0.2) is 21.8 Å².